The number of rotatable bonds is 4. The van der Waals surface area contributed by atoms with Gasteiger partial charge in [-0.05, 0) is 6.42 Å². The Morgan fingerprint density at radius 3 is 3.05 bits per heavy atom. The second kappa shape index (κ2) is 5.33. The lowest BCUT2D eigenvalue weighted by atomic mass is 10.1. The Hall–Kier alpha value is -2.35. The first kappa shape index (κ1) is 12.7. The Kier molecular flexibility index (Phi) is 3.38. The van der Waals surface area contributed by atoms with Gasteiger partial charge in [-0.3, -0.25) is 9.59 Å². The molecule has 0 atom stereocenters. The predicted molar refractivity (Wildman–Crippen MR) is 73.8 cm³/mol. The molecule has 0 saturated heterocycles. The number of aldehydes is 1. The molecule has 2 aromatic heterocycles. The highest BCUT2D eigenvalue weighted by atomic mass is 32.1. The fraction of sp³-hybridized carbons (Fsp3) is 0.250. The summed E-state index contributed by atoms with van der Waals surface area (Å²) in [6.07, 6.45) is 4.78. The predicted octanol–water partition coefficient (Wildman–Crippen LogP) is 1.24. The highest BCUT2D eigenvalue weighted by Crippen LogP contribution is 2.25. The quantitative estimate of drug-likeness (QED) is 0.822. The van der Waals surface area contributed by atoms with Crippen molar-refractivity contribution in [2.24, 2.45) is 0 Å². The summed E-state index contributed by atoms with van der Waals surface area (Å²) in [7, 11) is 0. The van der Waals surface area contributed by atoms with Crippen molar-refractivity contribution >= 4 is 35.2 Å². The van der Waals surface area contributed by atoms with Gasteiger partial charge in [-0.2, -0.15) is 0 Å². The van der Waals surface area contributed by atoms with Crippen LogP contribution in [0.4, 0.5) is 11.6 Å². The summed E-state index contributed by atoms with van der Waals surface area (Å²) < 4.78 is 0. The molecule has 0 aliphatic carbocycles. The van der Waals surface area contributed by atoms with Crippen LogP contribution in [0.25, 0.3) is 0 Å². The summed E-state index contributed by atoms with van der Waals surface area (Å²) in [6.45, 7) is 0.482. The van der Waals surface area contributed by atoms with Crippen LogP contribution >= 0.6 is 11.3 Å². The van der Waals surface area contributed by atoms with Crippen molar-refractivity contribution < 1.29 is 9.59 Å². The smallest absolute Gasteiger partial charge is 0.225 e. The number of nitrogens with zero attached hydrogens (tertiary/aromatic N) is 3. The molecule has 1 aliphatic heterocycles. The van der Waals surface area contributed by atoms with Crippen LogP contribution in [-0.2, 0) is 17.8 Å². The number of carbonyl (C=O) groups is 2. The average molecular weight is 289 g/mol. The van der Waals surface area contributed by atoms with Crippen molar-refractivity contribution in [1.29, 1.82) is 0 Å². The first-order chi connectivity index (χ1) is 9.76. The van der Waals surface area contributed by atoms with Crippen LogP contribution in [0.2, 0.25) is 0 Å². The van der Waals surface area contributed by atoms with Crippen LogP contribution in [-0.4, -0.2) is 27.1 Å². The van der Waals surface area contributed by atoms with E-state index in [0.29, 0.717) is 35.9 Å². The van der Waals surface area contributed by atoms with E-state index in [0.717, 1.165) is 16.9 Å². The monoisotopic (exact) mass is 289 g/mol. The third-order valence-electron chi connectivity index (χ3n) is 2.90. The Labute approximate surface area is 118 Å². The van der Waals surface area contributed by atoms with E-state index in [4.69, 9.17) is 0 Å². The second-order valence-electron chi connectivity index (χ2n) is 4.23. The van der Waals surface area contributed by atoms with Crippen molar-refractivity contribution in [3.05, 3.63) is 28.0 Å². The Balaban J connectivity index is 1.76. The molecule has 0 saturated carbocycles. The van der Waals surface area contributed by atoms with Gasteiger partial charge in [-0.1, -0.05) is 0 Å². The van der Waals surface area contributed by atoms with Gasteiger partial charge in [-0.15, -0.1) is 11.3 Å². The normalized spacial score (nSPS) is 13.5. The molecular weight excluding hydrogens is 278 g/mol. The van der Waals surface area contributed by atoms with Gasteiger partial charge >= 0.3 is 0 Å². The molecule has 0 bridgehead atoms. The van der Waals surface area contributed by atoms with Crippen molar-refractivity contribution in [1.82, 2.24) is 15.0 Å². The van der Waals surface area contributed by atoms with Crippen LogP contribution in [0.5, 0.6) is 0 Å². The van der Waals surface area contributed by atoms with Gasteiger partial charge in [0.25, 0.3) is 0 Å². The van der Waals surface area contributed by atoms with E-state index in [1.165, 1.54) is 17.7 Å². The third-order valence-corrected chi connectivity index (χ3v) is 3.82. The molecule has 0 unspecified atom stereocenters. The maximum Gasteiger partial charge on any atom is 0.225 e. The molecule has 2 N–H and O–H groups in total. The standard InChI is InChI=1S/C12H11N5O2S/c18-5-7-3-13-10(20-7)4-14-11-8-1-2-9(19)17-12(8)16-6-15-11/h3,5-6H,1-2,4H2,(H2,14,15,16,17,19). The molecule has 0 aromatic carbocycles. The second-order valence-corrected chi connectivity index (χ2v) is 5.37. The first-order valence-corrected chi connectivity index (χ1v) is 6.85. The molecule has 3 heterocycles. The highest BCUT2D eigenvalue weighted by Gasteiger charge is 2.19. The number of hydrogen-bond acceptors (Lipinski definition) is 7. The van der Waals surface area contributed by atoms with E-state index in [1.807, 2.05) is 0 Å². The number of carbonyl (C=O) groups excluding carboxylic acids is 2. The zero-order chi connectivity index (χ0) is 13.9. The highest BCUT2D eigenvalue weighted by molar-refractivity contribution is 7.13. The summed E-state index contributed by atoms with van der Waals surface area (Å²) in [5, 5.41) is 6.70. The number of amides is 1. The number of aromatic nitrogens is 3. The minimum absolute atomic E-state index is 0.0299. The molecule has 8 heteroatoms. The Morgan fingerprint density at radius 1 is 1.35 bits per heavy atom. The number of thiazole rings is 1. The van der Waals surface area contributed by atoms with Crippen molar-refractivity contribution in [2.75, 3.05) is 10.6 Å². The van der Waals surface area contributed by atoms with E-state index in [1.54, 1.807) is 6.20 Å². The lowest BCUT2D eigenvalue weighted by Gasteiger charge is -2.18. The van der Waals surface area contributed by atoms with E-state index in [2.05, 4.69) is 25.6 Å². The zero-order valence-corrected chi connectivity index (χ0v) is 11.2. The third kappa shape index (κ3) is 2.50. The van der Waals surface area contributed by atoms with Crippen molar-refractivity contribution in [2.45, 2.75) is 19.4 Å². The topological polar surface area (TPSA) is 96.9 Å². The summed E-state index contributed by atoms with van der Waals surface area (Å²) >= 11 is 1.34. The zero-order valence-electron chi connectivity index (χ0n) is 10.4. The number of anilines is 2. The number of nitrogens with one attached hydrogen (secondary N) is 2. The number of hydrogen-bond donors (Lipinski definition) is 2. The maximum atomic E-state index is 11.3. The van der Waals surface area contributed by atoms with Crippen LogP contribution < -0.4 is 10.6 Å². The van der Waals surface area contributed by atoms with Gasteiger partial charge in [0.2, 0.25) is 5.91 Å². The van der Waals surface area contributed by atoms with Gasteiger partial charge in [0, 0.05) is 18.2 Å². The fourth-order valence-electron chi connectivity index (χ4n) is 1.96. The van der Waals surface area contributed by atoms with E-state index in [-0.39, 0.29) is 5.91 Å². The minimum Gasteiger partial charge on any atom is -0.363 e. The molecule has 0 fully saturated rings. The maximum absolute atomic E-state index is 11.3. The Bertz CT molecular complexity index is 670. The van der Waals surface area contributed by atoms with Crippen molar-refractivity contribution in [3.63, 3.8) is 0 Å². The largest absolute Gasteiger partial charge is 0.363 e. The van der Waals surface area contributed by atoms with Gasteiger partial charge in [0.15, 0.2) is 6.29 Å². The fourth-order valence-corrected chi connectivity index (χ4v) is 2.64. The molecule has 1 aliphatic rings. The Morgan fingerprint density at radius 2 is 2.25 bits per heavy atom. The van der Waals surface area contributed by atoms with E-state index >= 15 is 0 Å². The van der Waals surface area contributed by atoms with Crippen LogP contribution in [0, 0.1) is 0 Å². The van der Waals surface area contributed by atoms with E-state index in [9.17, 15) is 9.59 Å². The average Bonchev–Trinajstić information content (AvgIpc) is 2.92. The molecule has 7 nitrogen and oxygen atoms in total. The molecule has 2 aromatic rings. The van der Waals surface area contributed by atoms with Gasteiger partial charge in [0.05, 0.1) is 11.4 Å². The van der Waals surface area contributed by atoms with Gasteiger partial charge < -0.3 is 10.6 Å². The van der Waals surface area contributed by atoms with Crippen LogP contribution in [0.1, 0.15) is 26.7 Å². The summed E-state index contributed by atoms with van der Waals surface area (Å²) in [5.74, 6) is 1.22. The first-order valence-electron chi connectivity index (χ1n) is 6.04. The summed E-state index contributed by atoms with van der Waals surface area (Å²) in [6, 6.07) is 0. The van der Waals surface area contributed by atoms with Gasteiger partial charge in [-0.25, -0.2) is 15.0 Å². The lowest BCUT2D eigenvalue weighted by Crippen LogP contribution is -2.21. The summed E-state index contributed by atoms with van der Waals surface area (Å²) in [5.41, 5.74) is 0.902. The van der Waals surface area contributed by atoms with Crippen molar-refractivity contribution in [3.8, 4) is 0 Å². The minimum atomic E-state index is -0.0299. The summed E-state index contributed by atoms with van der Waals surface area (Å²) in [4.78, 5) is 34.9. The molecular formula is C12H11N5O2S. The molecule has 20 heavy (non-hydrogen) atoms. The van der Waals surface area contributed by atoms with Crippen LogP contribution in [0.3, 0.4) is 0 Å². The molecule has 3 rings (SSSR count). The molecule has 0 spiro atoms. The molecule has 0 radical (unpaired) electrons. The molecule has 102 valence electrons. The van der Waals surface area contributed by atoms with E-state index < -0.39 is 0 Å². The lowest BCUT2D eigenvalue weighted by molar-refractivity contribution is -0.116. The molecule has 1 amide bonds. The SMILES string of the molecule is O=Cc1cnc(CNc2ncnc3c2CCC(=O)N3)s1. The van der Waals surface area contributed by atoms with Gasteiger partial charge in [0.1, 0.15) is 23.0 Å². The van der Waals surface area contributed by atoms with Crippen LogP contribution in [0.15, 0.2) is 12.5 Å². The number of fused-ring (bicyclic) bond motifs is 1.